The van der Waals surface area contributed by atoms with E-state index in [0.29, 0.717) is 41.0 Å². The molecule has 91 heavy (non-hydrogen) atoms. The maximum absolute atomic E-state index is 13.8. The fourth-order valence-electron chi connectivity index (χ4n) is 9.56. The summed E-state index contributed by atoms with van der Waals surface area (Å²) < 4.78 is 202. The number of rotatable bonds is 13. The van der Waals surface area contributed by atoms with E-state index < -0.39 is 136 Å². The number of benzene rings is 6. The summed E-state index contributed by atoms with van der Waals surface area (Å²) >= 11 is 5.56. The van der Waals surface area contributed by atoms with E-state index in [0.717, 1.165) is 32.9 Å². The number of nitrogens with zero attached hydrogens (tertiary/aromatic N) is 3. The second-order valence-electron chi connectivity index (χ2n) is 22.0. The van der Waals surface area contributed by atoms with Gasteiger partial charge in [-0.05, 0) is 119 Å². The Morgan fingerprint density at radius 3 is 1.16 bits per heavy atom. The molecule has 0 saturated carbocycles. The SMILES string of the molecule is Cc1ccc(C(=O)Nc2cc(F)c(F)c(Cl)c2)cc1S(=O)(=O)N1CCC(O)C(F)C1.Cc1ccc(C(=O)Nc2cc(F)c(F)c(F)c2)cc1S(=O)(=O)N1CCC(C)(O)CC1.Cc1ccc(C(=O)Nc2cc(F)c(F)c(F)c2)cc1S(=O)(=O)N1CCC(O)(CO)CC1. The molecule has 3 saturated heterocycles. The van der Waals surface area contributed by atoms with Crippen LogP contribution in [-0.4, -0.2) is 146 Å². The third-order valence-corrected chi connectivity index (χ3v) is 21.5. The van der Waals surface area contributed by atoms with Crippen LogP contribution in [0.15, 0.2) is 106 Å². The number of hydrogen-bond donors (Lipinski definition) is 7. The number of piperidine rings is 3. The van der Waals surface area contributed by atoms with Crippen LogP contribution in [0.25, 0.3) is 0 Å². The summed E-state index contributed by atoms with van der Waals surface area (Å²) in [6.07, 6.45) is -2.29. The highest BCUT2D eigenvalue weighted by Gasteiger charge is 2.39. The quantitative estimate of drug-likeness (QED) is 0.0422. The number of halogens is 10. The van der Waals surface area contributed by atoms with Gasteiger partial charge in [-0.2, -0.15) is 12.9 Å². The Hall–Kier alpha value is -7.04. The van der Waals surface area contributed by atoms with Gasteiger partial charge in [0, 0.05) is 103 Å². The van der Waals surface area contributed by atoms with Crippen LogP contribution < -0.4 is 16.0 Å². The van der Waals surface area contributed by atoms with Gasteiger partial charge >= 0.3 is 0 Å². The summed E-state index contributed by atoms with van der Waals surface area (Å²) in [6.45, 7) is 5.53. The maximum Gasteiger partial charge on any atom is 0.255 e. The number of amides is 3. The third kappa shape index (κ3) is 16.8. The lowest BCUT2D eigenvalue weighted by molar-refractivity contribution is -0.0480. The number of aryl methyl sites for hydroxylation is 3. The number of aliphatic hydroxyl groups is 4. The van der Waals surface area contributed by atoms with E-state index in [4.69, 9.17) is 11.6 Å². The Labute approximate surface area is 522 Å². The highest BCUT2D eigenvalue weighted by molar-refractivity contribution is 7.89. The molecule has 6 aromatic carbocycles. The molecule has 3 fully saturated rings. The van der Waals surface area contributed by atoms with Gasteiger partial charge in [0.05, 0.1) is 43.6 Å². The van der Waals surface area contributed by atoms with Crippen LogP contribution in [0.5, 0.6) is 0 Å². The molecule has 0 aromatic heterocycles. The van der Waals surface area contributed by atoms with Crippen molar-refractivity contribution in [3.05, 3.63) is 176 Å². The van der Waals surface area contributed by atoms with E-state index in [-0.39, 0.29) is 113 Å². The van der Waals surface area contributed by atoms with Gasteiger partial charge in [0.25, 0.3) is 17.7 Å². The Kier molecular flexibility index (Phi) is 22.3. The van der Waals surface area contributed by atoms with Crippen LogP contribution in [-0.2, 0) is 30.1 Å². The molecule has 0 spiro atoms. The Morgan fingerprint density at radius 1 is 0.516 bits per heavy atom. The minimum Gasteiger partial charge on any atom is -0.393 e. The van der Waals surface area contributed by atoms with Crippen LogP contribution >= 0.6 is 11.6 Å². The number of anilines is 3. The molecule has 2 unspecified atom stereocenters. The topological polar surface area (TPSA) is 280 Å². The molecular formula is C59H60ClF9N6O13S3. The van der Waals surface area contributed by atoms with E-state index in [9.17, 15) is 99.6 Å². The number of carbonyl (C=O) groups excluding carboxylic acids is 3. The molecule has 3 aliphatic heterocycles. The number of hydrogen-bond acceptors (Lipinski definition) is 13. The zero-order valence-corrected chi connectivity index (χ0v) is 51.8. The number of carbonyl (C=O) groups is 3. The van der Waals surface area contributed by atoms with Crippen LogP contribution in [0.4, 0.5) is 56.6 Å². The number of aliphatic hydroxyl groups excluding tert-OH is 2. The molecule has 3 amide bonds. The van der Waals surface area contributed by atoms with Crippen molar-refractivity contribution >= 4 is 76.5 Å². The molecule has 2 atom stereocenters. The molecule has 19 nitrogen and oxygen atoms in total. The molecule has 9 rings (SSSR count). The lowest BCUT2D eigenvalue weighted by Crippen LogP contribution is -2.48. The van der Waals surface area contributed by atoms with Gasteiger partial charge in [0.15, 0.2) is 46.5 Å². The zero-order chi connectivity index (χ0) is 67.5. The summed E-state index contributed by atoms with van der Waals surface area (Å²) in [7, 11) is -12.1. The smallest absolute Gasteiger partial charge is 0.255 e. The van der Waals surface area contributed by atoms with E-state index in [1.54, 1.807) is 20.8 Å². The van der Waals surface area contributed by atoms with Crippen molar-refractivity contribution < 1.29 is 99.6 Å². The first kappa shape index (κ1) is 71.4. The lowest BCUT2D eigenvalue weighted by atomic mass is 9.94. The lowest BCUT2D eigenvalue weighted by Gasteiger charge is -2.36. The first-order valence-electron chi connectivity index (χ1n) is 27.5. The van der Waals surface area contributed by atoms with E-state index >= 15 is 0 Å². The minimum absolute atomic E-state index is 0.0105. The van der Waals surface area contributed by atoms with Gasteiger partial charge in [0.2, 0.25) is 30.1 Å². The molecule has 492 valence electrons. The van der Waals surface area contributed by atoms with Crippen molar-refractivity contribution in [1.29, 1.82) is 0 Å². The predicted molar refractivity (Wildman–Crippen MR) is 314 cm³/mol. The Morgan fingerprint density at radius 2 is 0.835 bits per heavy atom. The van der Waals surface area contributed by atoms with Crippen LogP contribution in [0.1, 0.15) is 86.8 Å². The van der Waals surface area contributed by atoms with Crippen molar-refractivity contribution in [2.24, 2.45) is 0 Å². The van der Waals surface area contributed by atoms with Crippen LogP contribution in [0.2, 0.25) is 5.02 Å². The number of sulfonamides is 3. The van der Waals surface area contributed by atoms with Crippen molar-refractivity contribution in [1.82, 2.24) is 12.9 Å². The minimum atomic E-state index is -4.13. The van der Waals surface area contributed by atoms with E-state index in [2.05, 4.69) is 16.0 Å². The summed E-state index contributed by atoms with van der Waals surface area (Å²) in [5, 5.41) is 45.1. The molecule has 3 heterocycles. The largest absolute Gasteiger partial charge is 0.393 e. The van der Waals surface area contributed by atoms with Crippen LogP contribution in [0, 0.1) is 67.3 Å². The summed E-state index contributed by atoms with van der Waals surface area (Å²) in [5.74, 6) is -14.1. The molecule has 7 N–H and O–H groups in total. The normalized spacial score (nSPS) is 18.0. The van der Waals surface area contributed by atoms with Crippen molar-refractivity contribution in [2.45, 2.75) is 98.0 Å². The summed E-state index contributed by atoms with van der Waals surface area (Å²) in [5.41, 5.74) is -2.07. The average molecular weight is 1360 g/mol. The molecule has 0 radical (unpaired) electrons. The maximum atomic E-state index is 13.8. The van der Waals surface area contributed by atoms with Crippen LogP contribution in [0.3, 0.4) is 0 Å². The second kappa shape index (κ2) is 28.4. The molecule has 0 bridgehead atoms. The van der Waals surface area contributed by atoms with Gasteiger partial charge in [-0.1, -0.05) is 29.8 Å². The number of nitrogens with one attached hydrogen (secondary N) is 3. The monoisotopic (exact) mass is 1360 g/mol. The van der Waals surface area contributed by atoms with Crippen molar-refractivity contribution in [3.63, 3.8) is 0 Å². The fraction of sp³-hybridized carbons (Fsp3) is 0.339. The molecule has 0 aliphatic carbocycles. The Balaban J connectivity index is 0.000000194. The van der Waals surface area contributed by atoms with E-state index in [1.807, 2.05) is 0 Å². The van der Waals surface area contributed by atoms with Gasteiger partial charge in [-0.3, -0.25) is 14.4 Å². The first-order valence-corrected chi connectivity index (χ1v) is 32.2. The summed E-state index contributed by atoms with van der Waals surface area (Å²) in [6, 6.07) is 16.0. The zero-order valence-electron chi connectivity index (χ0n) is 48.6. The highest BCUT2D eigenvalue weighted by atomic mass is 35.5. The molecular weight excluding hydrogens is 1300 g/mol. The highest BCUT2D eigenvalue weighted by Crippen LogP contribution is 2.33. The standard InChI is InChI=1S/C20H21F3N2O5S.C20H21F3N2O4S.C19H18ClF3N2O4S/c1-12-2-3-13(19(27)24-14-9-15(21)18(23)16(22)10-14)8-17(12)31(29,30)25-6-4-20(28,11-26)5-7-25;1-12-3-4-13(19(26)24-14-10-15(21)18(23)16(22)11-14)9-17(12)30(28,29)25-7-5-20(2,27)6-8-25;1-10-2-3-11(19(27)24-12-7-13(20)18(23)14(21)8-12)6-17(10)30(28,29)25-5-4-16(26)15(22)9-25/h2-3,8-10,26,28H,4-7,11H2,1H3,(H,24,27);3-4,9-11,27H,5-8H2,1-2H3,(H,24,26);2-3,6-8,15-16,26H,4-5,9H2,1H3,(H,24,27). The van der Waals surface area contributed by atoms with Crippen molar-refractivity contribution in [3.8, 4) is 0 Å². The van der Waals surface area contributed by atoms with Gasteiger partial charge in [0.1, 0.15) is 6.17 Å². The van der Waals surface area contributed by atoms with Gasteiger partial charge in [-0.25, -0.2) is 64.8 Å². The van der Waals surface area contributed by atoms with Gasteiger partial charge in [-0.15, -0.1) is 0 Å². The predicted octanol–water partition coefficient (Wildman–Crippen LogP) is 8.64. The fourth-order valence-corrected chi connectivity index (χ4v) is 14.9. The Bertz CT molecular complexity index is 4070. The number of alkyl halides is 1. The van der Waals surface area contributed by atoms with Crippen molar-refractivity contribution in [2.75, 3.05) is 61.8 Å². The first-order chi connectivity index (χ1) is 42.4. The molecule has 6 aromatic rings. The van der Waals surface area contributed by atoms with Gasteiger partial charge < -0.3 is 36.4 Å². The molecule has 3 aliphatic rings. The second-order valence-corrected chi connectivity index (χ2v) is 28.1. The molecule has 32 heteroatoms. The summed E-state index contributed by atoms with van der Waals surface area (Å²) in [4.78, 5) is 37.1. The average Bonchev–Trinajstić information content (AvgIpc) is 0.813. The third-order valence-electron chi connectivity index (χ3n) is 15.1. The van der Waals surface area contributed by atoms with E-state index in [1.165, 1.54) is 53.7 Å².